The van der Waals surface area contributed by atoms with Gasteiger partial charge < -0.3 is 9.80 Å². The molecule has 0 saturated carbocycles. The molecule has 128 valence electrons. The molecule has 1 amide bonds. The molecule has 22 heavy (non-hydrogen) atoms. The largest absolute Gasteiger partial charge is 0.339 e. The molecule has 2 saturated heterocycles. The summed E-state index contributed by atoms with van der Waals surface area (Å²) in [6.45, 7) is 15.5. The minimum Gasteiger partial charge on any atom is -0.339 e. The van der Waals surface area contributed by atoms with Crippen molar-refractivity contribution in [1.82, 2.24) is 19.6 Å². The van der Waals surface area contributed by atoms with Crippen molar-refractivity contribution in [2.75, 3.05) is 72.0 Å². The number of hydrogen-bond acceptors (Lipinski definition) is 4. The quantitative estimate of drug-likeness (QED) is 0.701. The van der Waals surface area contributed by atoms with Crippen LogP contribution in [0.4, 0.5) is 0 Å². The highest BCUT2D eigenvalue weighted by molar-refractivity contribution is 5.78. The number of nitrogens with zero attached hydrogens (tertiary/aromatic N) is 4. The van der Waals surface area contributed by atoms with Crippen molar-refractivity contribution in [1.29, 1.82) is 0 Å². The van der Waals surface area contributed by atoms with Crippen molar-refractivity contribution in [2.45, 2.75) is 33.1 Å². The molecule has 5 heteroatoms. The molecular weight excluding hydrogens is 276 g/mol. The van der Waals surface area contributed by atoms with Gasteiger partial charge in [0.15, 0.2) is 0 Å². The Labute approximate surface area is 136 Å². The fourth-order valence-corrected chi connectivity index (χ4v) is 3.43. The predicted octanol–water partition coefficient (Wildman–Crippen LogP) is 0.958. The molecule has 0 radical (unpaired) electrons. The average Bonchev–Trinajstić information content (AvgIpc) is 2.59. The summed E-state index contributed by atoms with van der Waals surface area (Å²) in [4.78, 5) is 21.7. The van der Waals surface area contributed by atoms with Crippen molar-refractivity contribution in [3.63, 3.8) is 0 Å². The SMILES string of the molecule is CCN(CC)CC(=O)N1CCN(CCN2CCCCC2)CC1. The van der Waals surface area contributed by atoms with Crippen LogP contribution in [-0.4, -0.2) is 97.5 Å². The molecule has 2 aliphatic rings. The van der Waals surface area contributed by atoms with Crippen LogP contribution < -0.4 is 0 Å². The molecule has 5 nitrogen and oxygen atoms in total. The third kappa shape index (κ3) is 5.52. The van der Waals surface area contributed by atoms with Gasteiger partial charge in [0.25, 0.3) is 0 Å². The third-order valence-electron chi connectivity index (χ3n) is 5.16. The maximum absolute atomic E-state index is 12.3. The van der Waals surface area contributed by atoms with Gasteiger partial charge in [0, 0.05) is 39.3 Å². The summed E-state index contributed by atoms with van der Waals surface area (Å²) < 4.78 is 0. The van der Waals surface area contributed by atoms with Gasteiger partial charge in [-0.15, -0.1) is 0 Å². The average molecular weight is 310 g/mol. The van der Waals surface area contributed by atoms with Crippen LogP contribution in [0.3, 0.4) is 0 Å². The van der Waals surface area contributed by atoms with Gasteiger partial charge in [0.05, 0.1) is 6.54 Å². The van der Waals surface area contributed by atoms with Crippen LogP contribution in [0.2, 0.25) is 0 Å². The van der Waals surface area contributed by atoms with Gasteiger partial charge in [-0.05, 0) is 39.0 Å². The van der Waals surface area contributed by atoms with Gasteiger partial charge in [-0.1, -0.05) is 20.3 Å². The van der Waals surface area contributed by atoms with Gasteiger partial charge in [-0.25, -0.2) is 0 Å². The van der Waals surface area contributed by atoms with E-state index in [0.29, 0.717) is 12.5 Å². The first-order valence-electron chi connectivity index (χ1n) is 9.17. The van der Waals surface area contributed by atoms with Crippen molar-refractivity contribution in [2.24, 2.45) is 0 Å². The highest BCUT2D eigenvalue weighted by atomic mass is 16.2. The van der Waals surface area contributed by atoms with Crippen molar-refractivity contribution < 1.29 is 4.79 Å². The monoisotopic (exact) mass is 310 g/mol. The first-order chi connectivity index (χ1) is 10.7. The molecule has 0 atom stereocenters. The number of likely N-dealkylation sites (tertiary alicyclic amines) is 1. The molecule has 0 bridgehead atoms. The van der Waals surface area contributed by atoms with Gasteiger partial charge >= 0.3 is 0 Å². The Balaban J connectivity index is 1.63. The summed E-state index contributed by atoms with van der Waals surface area (Å²) in [6, 6.07) is 0. The van der Waals surface area contributed by atoms with E-state index < -0.39 is 0 Å². The van der Waals surface area contributed by atoms with Gasteiger partial charge in [-0.2, -0.15) is 0 Å². The summed E-state index contributed by atoms with van der Waals surface area (Å²) in [5, 5.41) is 0. The number of likely N-dealkylation sites (N-methyl/N-ethyl adjacent to an activating group) is 1. The molecule has 2 rings (SSSR count). The van der Waals surface area contributed by atoms with Gasteiger partial charge in [0.1, 0.15) is 0 Å². The zero-order valence-corrected chi connectivity index (χ0v) is 14.6. The van der Waals surface area contributed by atoms with E-state index in [9.17, 15) is 4.79 Å². The normalized spacial score (nSPS) is 21.5. The molecule has 2 aliphatic heterocycles. The number of piperidine rings is 1. The number of carbonyl (C=O) groups excluding carboxylic acids is 1. The van der Waals surface area contributed by atoms with E-state index in [1.165, 1.54) is 38.9 Å². The number of hydrogen-bond donors (Lipinski definition) is 0. The van der Waals surface area contributed by atoms with Crippen LogP contribution in [0.1, 0.15) is 33.1 Å². The maximum Gasteiger partial charge on any atom is 0.236 e. The molecule has 0 aliphatic carbocycles. The Morgan fingerprint density at radius 1 is 0.818 bits per heavy atom. The molecule has 0 N–H and O–H groups in total. The van der Waals surface area contributed by atoms with Crippen molar-refractivity contribution in [3.05, 3.63) is 0 Å². The molecule has 0 spiro atoms. The minimum absolute atomic E-state index is 0.305. The second-order valence-electron chi connectivity index (χ2n) is 6.59. The van der Waals surface area contributed by atoms with Gasteiger partial charge in [-0.3, -0.25) is 14.6 Å². The molecule has 0 aromatic carbocycles. The lowest BCUT2D eigenvalue weighted by Crippen LogP contribution is -2.52. The zero-order chi connectivity index (χ0) is 15.8. The highest BCUT2D eigenvalue weighted by Gasteiger charge is 2.22. The lowest BCUT2D eigenvalue weighted by molar-refractivity contribution is -0.134. The Kier molecular flexibility index (Phi) is 7.63. The van der Waals surface area contributed by atoms with Crippen LogP contribution in [0, 0.1) is 0 Å². The number of carbonyl (C=O) groups is 1. The zero-order valence-electron chi connectivity index (χ0n) is 14.6. The smallest absolute Gasteiger partial charge is 0.236 e. The molecule has 2 fully saturated rings. The Morgan fingerprint density at radius 3 is 1.91 bits per heavy atom. The van der Waals surface area contributed by atoms with Crippen LogP contribution in [0.5, 0.6) is 0 Å². The minimum atomic E-state index is 0.305. The lowest BCUT2D eigenvalue weighted by Gasteiger charge is -2.37. The van der Waals surface area contributed by atoms with E-state index in [0.717, 1.165) is 45.8 Å². The van der Waals surface area contributed by atoms with Crippen molar-refractivity contribution in [3.8, 4) is 0 Å². The maximum atomic E-state index is 12.3. The van der Waals surface area contributed by atoms with Crippen molar-refractivity contribution >= 4 is 5.91 Å². The van der Waals surface area contributed by atoms with Crippen LogP contribution in [0.25, 0.3) is 0 Å². The fraction of sp³-hybridized carbons (Fsp3) is 0.941. The Morgan fingerprint density at radius 2 is 1.36 bits per heavy atom. The Hall–Kier alpha value is -0.650. The van der Waals surface area contributed by atoms with E-state index in [1.807, 2.05) is 0 Å². The molecule has 2 heterocycles. The fourth-order valence-electron chi connectivity index (χ4n) is 3.43. The van der Waals surface area contributed by atoms with Gasteiger partial charge in [0.2, 0.25) is 5.91 Å². The first-order valence-corrected chi connectivity index (χ1v) is 9.17. The summed E-state index contributed by atoms with van der Waals surface area (Å²) >= 11 is 0. The van der Waals surface area contributed by atoms with Crippen LogP contribution in [-0.2, 0) is 4.79 Å². The highest BCUT2D eigenvalue weighted by Crippen LogP contribution is 2.09. The molecular formula is C17H34N4O. The number of amides is 1. The Bertz CT molecular complexity index is 319. The summed E-state index contributed by atoms with van der Waals surface area (Å²) in [5.41, 5.74) is 0. The topological polar surface area (TPSA) is 30.0 Å². The van der Waals surface area contributed by atoms with E-state index in [4.69, 9.17) is 0 Å². The van der Waals surface area contributed by atoms with E-state index >= 15 is 0 Å². The summed E-state index contributed by atoms with van der Waals surface area (Å²) in [5.74, 6) is 0.305. The predicted molar refractivity (Wildman–Crippen MR) is 91.1 cm³/mol. The second-order valence-corrected chi connectivity index (χ2v) is 6.59. The van der Waals surface area contributed by atoms with E-state index in [-0.39, 0.29) is 0 Å². The standard InChI is InChI=1S/C17H34N4O/c1-3-18(4-2)16-17(22)21-14-12-20(13-15-21)11-10-19-8-6-5-7-9-19/h3-16H2,1-2H3. The van der Waals surface area contributed by atoms with E-state index in [1.54, 1.807) is 0 Å². The first kappa shape index (κ1) is 17.7. The molecule has 0 aromatic rings. The summed E-state index contributed by atoms with van der Waals surface area (Å²) in [6.07, 6.45) is 4.14. The second kappa shape index (κ2) is 9.48. The third-order valence-corrected chi connectivity index (χ3v) is 5.16. The number of rotatable bonds is 7. The number of piperazine rings is 1. The summed E-state index contributed by atoms with van der Waals surface area (Å²) in [7, 11) is 0. The van der Waals surface area contributed by atoms with Crippen LogP contribution in [0.15, 0.2) is 0 Å². The molecule has 0 unspecified atom stereocenters. The van der Waals surface area contributed by atoms with Crippen LogP contribution >= 0.6 is 0 Å². The molecule has 0 aromatic heterocycles. The van der Waals surface area contributed by atoms with E-state index in [2.05, 4.69) is 33.4 Å². The lowest BCUT2D eigenvalue weighted by atomic mass is 10.1.